The minimum Gasteiger partial charge on any atom is -0.545 e. The number of carboxylic acid groups (broad SMARTS) is 1. The van der Waals surface area contributed by atoms with Crippen LogP contribution in [0.3, 0.4) is 0 Å². The number of carbonyl (C=O) groups excluding carboxylic acids is 3. The molecule has 3 amide bonds. The van der Waals surface area contributed by atoms with E-state index in [-0.39, 0.29) is 11.3 Å². The van der Waals surface area contributed by atoms with Crippen molar-refractivity contribution in [1.82, 2.24) is 15.2 Å². The first kappa shape index (κ1) is 15.5. The topological polar surface area (TPSA) is 103 Å². The molecule has 1 aromatic heterocycles. The van der Waals surface area contributed by atoms with E-state index in [1.807, 2.05) is 24.5 Å². The zero-order chi connectivity index (χ0) is 17.4. The minimum atomic E-state index is -1.24. The van der Waals surface area contributed by atoms with Gasteiger partial charge in [-0.1, -0.05) is 12.1 Å². The van der Waals surface area contributed by atoms with Gasteiger partial charge in [-0.15, -0.1) is 0 Å². The van der Waals surface area contributed by atoms with Crippen LogP contribution in [-0.4, -0.2) is 22.5 Å². The van der Waals surface area contributed by atoms with Gasteiger partial charge in [-0.2, -0.15) is 0 Å². The van der Waals surface area contributed by atoms with Crippen LogP contribution in [0.2, 0.25) is 0 Å². The molecule has 0 bridgehead atoms. The van der Waals surface area contributed by atoms with Gasteiger partial charge >= 0.3 is 6.03 Å². The van der Waals surface area contributed by atoms with Gasteiger partial charge in [0, 0.05) is 17.1 Å². The van der Waals surface area contributed by atoms with E-state index >= 15 is 0 Å². The maximum absolute atomic E-state index is 11.6. The SMILES string of the molecule is Cc1cc(/C=C2/NC(=O)NC2=O)c(C)n1-c1cccc(C(=O)[O-])c1. The van der Waals surface area contributed by atoms with Crippen molar-refractivity contribution in [2.75, 3.05) is 0 Å². The number of carboxylic acids is 1. The summed E-state index contributed by atoms with van der Waals surface area (Å²) in [4.78, 5) is 33.9. The molecule has 122 valence electrons. The Hall–Kier alpha value is -3.35. The van der Waals surface area contributed by atoms with E-state index in [4.69, 9.17) is 0 Å². The van der Waals surface area contributed by atoms with Crippen molar-refractivity contribution in [3.63, 3.8) is 0 Å². The van der Waals surface area contributed by atoms with Crippen LogP contribution in [0.1, 0.15) is 27.3 Å². The molecule has 1 saturated heterocycles. The number of aryl methyl sites for hydroxylation is 1. The molecule has 0 spiro atoms. The average molecular weight is 324 g/mol. The molecular formula is C17H14N3O4-. The lowest BCUT2D eigenvalue weighted by molar-refractivity contribution is -0.255. The first-order chi connectivity index (χ1) is 11.4. The van der Waals surface area contributed by atoms with Gasteiger partial charge in [0.05, 0.1) is 5.97 Å². The second-order valence-electron chi connectivity index (χ2n) is 5.47. The predicted molar refractivity (Wildman–Crippen MR) is 84.2 cm³/mol. The summed E-state index contributed by atoms with van der Waals surface area (Å²) >= 11 is 0. The molecule has 0 aliphatic carbocycles. The largest absolute Gasteiger partial charge is 0.545 e. The maximum atomic E-state index is 11.6. The summed E-state index contributed by atoms with van der Waals surface area (Å²) in [5.74, 6) is -1.73. The number of urea groups is 1. The molecule has 0 saturated carbocycles. The van der Waals surface area contributed by atoms with Crippen LogP contribution in [0.4, 0.5) is 4.79 Å². The summed E-state index contributed by atoms with van der Waals surface area (Å²) in [6.45, 7) is 3.72. The summed E-state index contributed by atoms with van der Waals surface area (Å²) in [5.41, 5.74) is 3.35. The van der Waals surface area contributed by atoms with Gasteiger partial charge < -0.3 is 19.8 Å². The van der Waals surface area contributed by atoms with Crippen molar-refractivity contribution < 1.29 is 19.5 Å². The Kier molecular flexibility index (Phi) is 3.69. The van der Waals surface area contributed by atoms with Crippen LogP contribution < -0.4 is 15.7 Å². The van der Waals surface area contributed by atoms with E-state index in [1.54, 1.807) is 18.2 Å². The van der Waals surface area contributed by atoms with Crippen molar-refractivity contribution in [1.29, 1.82) is 0 Å². The van der Waals surface area contributed by atoms with Crippen molar-refractivity contribution >= 4 is 24.0 Å². The first-order valence-electron chi connectivity index (χ1n) is 7.21. The Labute approximate surface area is 137 Å². The van der Waals surface area contributed by atoms with Crippen LogP contribution in [0, 0.1) is 13.8 Å². The third-order valence-corrected chi connectivity index (χ3v) is 3.83. The second kappa shape index (κ2) is 5.69. The Balaban J connectivity index is 2.06. The number of benzene rings is 1. The molecule has 7 heteroatoms. The fraction of sp³-hybridized carbons (Fsp3) is 0.118. The standard InChI is InChI=1S/C17H15N3O4/c1-9-6-12(8-14-15(21)19-17(24)18-14)10(2)20(9)13-5-3-4-11(7-13)16(22)23/h3-8H,1-2H3,(H,22,23)(H2,18,19,21,24)/p-1/b14-8+. The molecule has 7 nitrogen and oxygen atoms in total. The van der Waals surface area contributed by atoms with Crippen molar-refractivity contribution in [2.45, 2.75) is 13.8 Å². The van der Waals surface area contributed by atoms with E-state index in [0.29, 0.717) is 5.69 Å². The summed E-state index contributed by atoms with van der Waals surface area (Å²) in [5, 5.41) is 15.6. The highest BCUT2D eigenvalue weighted by molar-refractivity contribution is 6.14. The normalized spacial score (nSPS) is 15.5. The summed E-state index contributed by atoms with van der Waals surface area (Å²) in [6.07, 6.45) is 1.58. The van der Waals surface area contributed by atoms with E-state index in [9.17, 15) is 19.5 Å². The van der Waals surface area contributed by atoms with Crippen molar-refractivity contribution in [3.8, 4) is 5.69 Å². The molecule has 1 aliphatic heterocycles. The number of amides is 3. The van der Waals surface area contributed by atoms with Crippen LogP contribution in [0.5, 0.6) is 0 Å². The van der Waals surface area contributed by atoms with E-state index in [0.717, 1.165) is 17.0 Å². The quantitative estimate of drug-likeness (QED) is 0.638. The van der Waals surface area contributed by atoms with Crippen molar-refractivity contribution in [2.24, 2.45) is 0 Å². The number of imide groups is 1. The molecular weight excluding hydrogens is 310 g/mol. The zero-order valence-corrected chi connectivity index (χ0v) is 13.0. The van der Waals surface area contributed by atoms with Gasteiger partial charge in [-0.25, -0.2) is 4.79 Å². The fourth-order valence-electron chi connectivity index (χ4n) is 2.74. The van der Waals surface area contributed by atoms with Gasteiger partial charge in [-0.05, 0) is 49.2 Å². The lowest BCUT2D eigenvalue weighted by Gasteiger charge is -2.12. The number of hydrogen-bond acceptors (Lipinski definition) is 4. The zero-order valence-electron chi connectivity index (χ0n) is 13.0. The summed E-state index contributed by atoms with van der Waals surface area (Å²) < 4.78 is 1.87. The number of carbonyl (C=O) groups is 3. The Bertz CT molecular complexity index is 909. The van der Waals surface area contributed by atoms with Gasteiger partial charge in [0.2, 0.25) is 0 Å². The molecule has 24 heavy (non-hydrogen) atoms. The summed E-state index contributed by atoms with van der Waals surface area (Å²) in [7, 11) is 0. The highest BCUT2D eigenvalue weighted by atomic mass is 16.4. The smallest absolute Gasteiger partial charge is 0.326 e. The number of rotatable bonds is 3. The lowest BCUT2D eigenvalue weighted by Crippen LogP contribution is -2.22. The third kappa shape index (κ3) is 2.67. The number of nitrogens with zero attached hydrogens (tertiary/aromatic N) is 1. The van der Waals surface area contributed by atoms with Crippen LogP contribution >= 0.6 is 0 Å². The minimum absolute atomic E-state index is 0.0855. The summed E-state index contributed by atoms with van der Waals surface area (Å²) in [6, 6.07) is 7.72. The third-order valence-electron chi connectivity index (χ3n) is 3.83. The van der Waals surface area contributed by atoms with Crippen molar-refractivity contribution in [3.05, 3.63) is 58.5 Å². The van der Waals surface area contributed by atoms with Gasteiger partial charge in [0.15, 0.2) is 0 Å². The van der Waals surface area contributed by atoms with Gasteiger partial charge in [0.25, 0.3) is 5.91 Å². The second-order valence-corrected chi connectivity index (χ2v) is 5.47. The van der Waals surface area contributed by atoms with Crippen LogP contribution in [0.25, 0.3) is 11.8 Å². The molecule has 3 rings (SSSR count). The molecule has 1 aliphatic rings. The van der Waals surface area contributed by atoms with Gasteiger partial charge in [-0.3, -0.25) is 10.1 Å². The molecule has 1 fully saturated rings. The highest BCUT2D eigenvalue weighted by Gasteiger charge is 2.23. The van der Waals surface area contributed by atoms with Crippen LogP contribution in [0.15, 0.2) is 36.0 Å². The number of hydrogen-bond donors (Lipinski definition) is 2. The molecule has 2 aromatic rings. The average Bonchev–Trinajstić information content (AvgIpc) is 2.98. The lowest BCUT2D eigenvalue weighted by atomic mass is 10.2. The van der Waals surface area contributed by atoms with E-state index in [2.05, 4.69) is 10.6 Å². The number of nitrogens with one attached hydrogen (secondary N) is 2. The molecule has 2 N–H and O–H groups in total. The van der Waals surface area contributed by atoms with Gasteiger partial charge in [0.1, 0.15) is 5.70 Å². The highest BCUT2D eigenvalue weighted by Crippen LogP contribution is 2.23. The monoisotopic (exact) mass is 324 g/mol. The molecule has 2 heterocycles. The Morgan fingerprint density at radius 2 is 1.92 bits per heavy atom. The number of aromatic nitrogens is 1. The fourth-order valence-corrected chi connectivity index (χ4v) is 2.74. The molecule has 1 aromatic carbocycles. The van der Waals surface area contributed by atoms with E-state index < -0.39 is 17.9 Å². The molecule has 0 unspecified atom stereocenters. The van der Waals surface area contributed by atoms with Crippen LogP contribution in [-0.2, 0) is 4.79 Å². The number of aromatic carboxylic acids is 1. The molecule has 0 atom stereocenters. The Morgan fingerprint density at radius 3 is 2.54 bits per heavy atom. The predicted octanol–water partition coefficient (Wildman–Crippen LogP) is 0.638. The molecule has 0 radical (unpaired) electrons. The first-order valence-corrected chi connectivity index (χ1v) is 7.21. The maximum Gasteiger partial charge on any atom is 0.326 e. The van der Waals surface area contributed by atoms with E-state index in [1.165, 1.54) is 12.1 Å². The Morgan fingerprint density at radius 1 is 1.17 bits per heavy atom.